The minimum absolute atomic E-state index is 0.180. The first-order valence-corrected chi connectivity index (χ1v) is 10.5. The highest BCUT2D eigenvalue weighted by atomic mass is 32.2. The predicted octanol–water partition coefficient (Wildman–Crippen LogP) is 0.923. The van der Waals surface area contributed by atoms with E-state index in [-0.39, 0.29) is 17.0 Å². The zero-order valence-electron chi connectivity index (χ0n) is 15.1. The molecule has 0 saturated carbocycles. The summed E-state index contributed by atoms with van der Waals surface area (Å²) in [6, 6.07) is 0. The summed E-state index contributed by atoms with van der Waals surface area (Å²) in [6.07, 6.45) is 4.92. The fraction of sp³-hybridized carbons (Fsp3) is 0.722. The van der Waals surface area contributed by atoms with Crippen molar-refractivity contribution in [3.63, 3.8) is 0 Å². The van der Waals surface area contributed by atoms with Crippen molar-refractivity contribution in [3.05, 3.63) is 22.1 Å². The molecule has 4 rings (SSSR count). The van der Waals surface area contributed by atoms with Gasteiger partial charge in [-0.15, -0.1) is 0 Å². The lowest BCUT2D eigenvalue weighted by atomic mass is 10.1. The topological polar surface area (TPSA) is 67.7 Å². The van der Waals surface area contributed by atoms with Gasteiger partial charge in [-0.3, -0.25) is 14.2 Å². The highest BCUT2D eigenvalue weighted by Crippen LogP contribution is 2.21. The number of fused-ring (bicyclic) bond motifs is 1. The monoisotopic (exact) mass is 378 g/mol. The van der Waals surface area contributed by atoms with Crippen LogP contribution in [-0.2, 0) is 11.3 Å². The summed E-state index contributed by atoms with van der Waals surface area (Å²) in [5, 5.41) is 0.722. The Morgan fingerprint density at radius 1 is 1.35 bits per heavy atom. The van der Waals surface area contributed by atoms with E-state index in [1.807, 2.05) is 4.90 Å². The average molecular weight is 378 g/mol. The lowest BCUT2D eigenvalue weighted by molar-refractivity contribution is 0.0700. The second-order valence-electron chi connectivity index (χ2n) is 7.29. The fourth-order valence-corrected chi connectivity index (χ4v) is 4.83. The summed E-state index contributed by atoms with van der Waals surface area (Å²) in [5.74, 6) is 1.02. The van der Waals surface area contributed by atoms with E-state index in [9.17, 15) is 9.59 Å². The van der Waals surface area contributed by atoms with Crippen LogP contribution in [0, 0.1) is 5.92 Å². The van der Waals surface area contributed by atoms with Gasteiger partial charge < -0.3 is 14.5 Å². The van der Waals surface area contributed by atoms with Crippen molar-refractivity contribution in [3.8, 4) is 0 Å². The van der Waals surface area contributed by atoms with Crippen LogP contribution in [-0.4, -0.2) is 76.9 Å². The van der Waals surface area contributed by atoms with Crippen molar-refractivity contribution < 1.29 is 9.53 Å². The Hall–Kier alpha value is -1.38. The average Bonchev–Trinajstić information content (AvgIpc) is 3.40. The number of amides is 1. The van der Waals surface area contributed by atoms with Gasteiger partial charge in [0.1, 0.15) is 5.56 Å². The Morgan fingerprint density at radius 2 is 2.19 bits per heavy atom. The van der Waals surface area contributed by atoms with Gasteiger partial charge in [0.15, 0.2) is 5.16 Å². The molecule has 7 nitrogen and oxygen atoms in total. The first-order chi connectivity index (χ1) is 12.7. The lowest BCUT2D eigenvalue weighted by Gasteiger charge is -2.27. The van der Waals surface area contributed by atoms with E-state index >= 15 is 0 Å². The number of nitrogens with zero attached hydrogens (tertiary/aromatic N) is 4. The van der Waals surface area contributed by atoms with Crippen LogP contribution in [0.1, 0.15) is 29.6 Å². The second kappa shape index (κ2) is 8.10. The standard InChI is InChI=1S/C18H26N4O3S/c23-16(15-11-19-18-22(17(15)24)8-10-26-18)21(12-14-3-9-25-13-14)7-6-20-4-1-2-5-20/h11,14H,1-10,12-13H2. The van der Waals surface area contributed by atoms with E-state index in [0.29, 0.717) is 32.2 Å². The maximum atomic E-state index is 13.2. The molecule has 3 aliphatic heterocycles. The van der Waals surface area contributed by atoms with E-state index in [1.54, 1.807) is 16.3 Å². The van der Waals surface area contributed by atoms with Gasteiger partial charge in [-0.25, -0.2) is 4.98 Å². The molecule has 1 amide bonds. The molecular formula is C18H26N4O3S. The molecule has 1 aromatic heterocycles. The second-order valence-corrected chi connectivity index (χ2v) is 8.35. The number of thioether (sulfide) groups is 1. The lowest BCUT2D eigenvalue weighted by Crippen LogP contribution is -2.43. The van der Waals surface area contributed by atoms with Gasteiger partial charge in [-0.2, -0.15) is 0 Å². The molecule has 0 spiro atoms. The van der Waals surface area contributed by atoms with E-state index in [2.05, 4.69) is 9.88 Å². The molecule has 2 fully saturated rings. The van der Waals surface area contributed by atoms with Gasteiger partial charge in [0.2, 0.25) is 0 Å². The third-order valence-electron chi connectivity index (χ3n) is 5.46. The molecule has 1 aromatic rings. The third kappa shape index (κ3) is 3.82. The molecular weight excluding hydrogens is 352 g/mol. The van der Waals surface area contributed by atoms with E-state index in [0.717, 1.165) is 43.6 Å². The maximum Gasteiger partial charge on any atom is 0.267 e. The number of carbonyl (C=O) groups excluding carboxylic acids is 1. The molecule has 142 valence electrons. The zero-order chi connectivity index (χ0) is 17.9. The van der Waals surface area contributed by atoms with Crippen LogP contribution >= 0.6 is 11.8 Å². The minimum atomic E-state index is -0.196. The Kier molecular flexibility index (Phi) is 5.61. The van der Waals surface area contributed by atoms with E-state index in [4.69, 9.17) is 4.74 Å². The van der Waals surface area contributed by atoms with E-state index in [1.165, 1.54) is 19.0 Å². The van der Waals surface area contributed by atoms with Crippen molar-refractivity contribution in [2.75, 3.05) is 51.7 Å². The molecule has 3 aliphatic rings. The zero-order valence-corrected chi connectivity index (χ0v) is 15.9. The molecule has 0 N–H and O–H groups in total. The van der Waals surface area contributed by atoms with Crippen molar-refractivity contribution in [1.29, 1.82) is 0 Å². The summed E-state index contributed by atoms with van der Waals surface area (Å²) in [4.78, 5) is 34.5. The molecule has 8 heteroatoms. The van der Waals surface area contributed by atoms with Crippen molar-refractivity contribution >= 4 is 17.7 Å². The van der Waals surface area contributed by atoms with Crippen LogP contribution in [0.25, 0.3) is 0 Å². The Morgan fingerprint density at radius 3 is 2.96 bits per heavy atom. The van der Waals surface area contributed by atoms with Crippen LogP contribution in [0.5, 0.6) is 0 Å². The summed E-state index contributed by atoms with van der Waals surface area (Å²) < 4.78 is 7.11. The van der Waals surface area contributed by atoms with Crippen LogP contribution in [0.15, 0.2) is 16.1 Å². The molecule has 0 aliphatic carbocycles. The highest BCUT2D eigenvalue weighted by molar-refractivity contribution is 7.99. The first-order valence-electron chi connectivity index (χ1n) is 9.54. The quantitative estimate of drug-likeness (QED) is 0.686. The summed E-state index contributed by atoms with van der Waals surface area (Å²) >= 11 is 1.57. The molecule has 26 heavy (non-hydrogen) atoms. The number of likely N-dealkylation sites (tertiary alicyclic amines) is 1. The minimum Gasteiger partial charge on any atom is -0.381 e. The highest BCUT2D eigenvalue weighted by Gasteiger charge is 2.27. The number of hydrogen-bond donors (Lipinski definition) is 0. The number of ether oxygens (including phenoxy) is 1. The molecule has 0 bridgehead atoms. The molecule has 2 saturated heterocycles. The number of rotatable bonds is 6. The van der Waals surface area contributed by atoms with Gasteiger partial charge in [0, 0.05) is 50.7 Å². The maximum absolute atomic E-state index is 13.2. The fourth-order valence-electron chi connectivity index (χ4n) is 3.92. The van der Waals surface area contributed by atoms with Crippen molar-refractivity contribution in [1.82, 2.24) is 19.4 Å². The van der Waals surface area contributed by atoms with Crippen molar-refractivity contribution in [2.45, 2.75) is 31.0 Å². The molecule has 1 atom stereocenters. The summed E-state index contributed by atoms with van der Waals surface area (Å²) in [6.45, 7) is 6.49. The SMILES string of the molecule is O=C(c1cnc2n(c1=O)CCS2)N(CCN1CCCC1)CC1CCOC1. The summed E-state index contributed by atoms with van der Waals surface area (Å²) in [7, 11) is 0. The Bertz CT molecular complexity index is 711. The van der Waals surface area contributed by atoms with Gasteiger partial charge >= 0.3 is 0 Å². The van der Waals surface area contributed by atoms with Gasteiger partial charge in [-0.1, -0.05) is 11.8 Å². The number of carbonyl (C=O) groups is 1. The molecule has 0 radical (unpaired) electrons. The smallest absolute Gasteiger partial charge is 0.267 e. The Labute approximate surface area is 157 Å². The van der Waals surface area contributed by atoms with Crippen LogP contribution in [0.4, 0.5) is 0 Å². The summed E-state index contributed by atoms with van der Waals surface area (Å²) in [5.41, 5.74) is 0.00966. The molecule has 0 aromatic carbocycles. The third-order valence-corrected chi connectivity index (χ3v) is 6.43. The molecule has 1 unspecified atom stereocenters. The van der Waals surface area contributed by atoms with Crippen molar-refractivity contribution in [2.24, 2.45) is 5.92 Å². The first kappa shape index (κ1) is 18.0. The molecule has 4 heterocycles. The van der Waals surface area contributed by atoms with Gasteiger partial charge in [0.25, 0.3) is 11.5 Å². The van der Waals surface area contributed by atoms with Crippen LogP contribution < -0.4 is 5.56 Å². The van der Waals surface area contributed by atoms with Gasteiger partial charge in [-0.05, 0) is 32.4 Å². The van der Waals surface area contributed by atoms with Gasteiger partial charge in [0.05, 0.1) is 6.61 Å². The predicted molar refractivity (Wildman–Crippen MR) is 99.7 cm³/mol. The van der Waals surface area contributed by atoms with Crippen LogP contribution in [0.2, 0.25) is 0 Å². The number of aromatic nitrogens is 2. The Balaban J connectivity index is 1.51. The largest absolute Gasteiger partial charge is 0.381 e. The number of hydrogen-bond acceptors (Lipinski definition) is 6. The van der Waals surface area contributed by atoms with Crippen LogP contribution in [0.3, 0.4) is 0 Å². The normalized spacial score (nSPS) is 22.7. The van der Waals surface area contributed by atoms with E-state index < -0.39 is 0 Å².